The molecule has 2 atom stereocenters. The molecule has 4 heteroatoms. The van der Waals surface area contributed by atoms with Gasteiger partial charge in [0.15, 0.2) is 10.9 Å². The number of ether oxygens (including phenoxy) is 2. The average molecular weight is 531 g/mol. The minimum Gasteiger partial charge on any atom is -0.482 e. The Bertz CT molecular complexity index is 1490. The van der Waals surface area contributed by atoms with Gasteiger partial charge in [-0.3, -0.25) is 0 Å². The van der Waals surface area contributed by atoms with E-state index in [1.54, 1.807) is 27.8 Å². The number of hydrogen-bond acceptors (Lipinski definition) is 4. The smallest absolute Gasteiger partial charge is 0.180 e. The highest BCUT2D eigenvalue weighted by molar-refractivity contribution is 8.77. The maximum absolute atomic E-state index is 7.02. The molecule has 0 saturated carbocycles. The Balaban J connectivity index is 1.60. The van der Waals surface area contributed by atoms with Crippen LogP contribution in [0.2, 0.25) is 0 Å². The molecule has 0 aliphatic carbocycles. The maximum atomic E-state index is 7.02. The lowest BCUT2D eigenvalue weighted by molar-refractivity contribution is 0.258. The summed E-state index contributed by atoms with van der Waals surface area (Å²) in [6.45, 7) is 0. The highest BCUT2D eigenvalue weighted by Crippen LogP contribution is 2.53. The molecule has 38 heavy (non-hydrogen) atoms. The van der Waals surface area contributed by atoms with Crippen molar-refractivity contribution >= 4 is 44.1 Å². The lowest BCUT2D eigenvalue weighted by Gasteiger charge is -2.34. The van der Waals surface area contributed by atoms with Crippen LogP contribution in [0.25, 0.3) is 22.5 Å². The van der Waals surface area contributed by atoms with E-state index in [1.165, 1.54) is 5.57 Å². The summed E-state index contributed by atoms with van der Waals surface area (Å²) in [6, 6.07) is 42.3. The number of rotatable bonds is 7. The Labute approximate surface area is 231 Å². The summed E-state index contributed by atoms with van der Waals surface area (Å²) in [5.74, 6) is 0.883. The van der Waals surface area contributed by atoms with Crippen molar-refractivity contribution in [3.05, 3.63) is 168 Å². The van der Waals surface area contributed by atoms with Crippen molar-refractivity contribution in [1.29, 1.82) is 0 Å². The van der Waals surface area contributed by atoms with E-state index in [9.17, 15) is 0 Å². The summed E-state index contributed by atoms with van der Waals surface area (Å²) in [5, 5.41) is 0. The first-order valence-corrected chi connectivity index (χ1v) is 14.8. The molecule has 0 saturated heterocycles. The lowest BCUT2D eigenvalue weighted by atomic mass is 9.83. The molecule has 0 amide bonds. The molecule has 2 aliphatic rings. The normalized spacial score (nSPS) is 18.7. The first kappa shape index (κ1) is 24.5. The van der Waals surface area contributed by atoms with Gasteiger partial charge in [0.2, 0.25) is 0 Å². The molecule has 2 unspecified atom stereocenters. The Hall–Kier alpha value is -3.86. The van der Waals surface area contributed by atoms with Crippen LogP contribution < -0.4 is 0 Å². The molecule has 4 aromatic rings. The van der Waals surface area contributed by atoms with Gasteiger partial charge in [0.05, 0.1) is 6.26 Å². The predicted octanol–water partition coefficient (Wildman–Crippen LogP) is 9.33. The molecule has 0 N–H and O–H groups in total. The summed E-state index contributed by atoms with van der Waals surface area (Å²) < 4.78 is 12.8. The quantitative estimate of drug-likeness (QED) is 0.222. The van der Waals surface area contributed by atoms with Crippen LogP contribution in [0.4, 0.5) is 0 Å². The van der Waals surface area contributed by atoms with Crippen LogP contribution >= 0.6 is 21.6 Å². The van der Waals surface area contributed by atoms with Gasteiger partial charge in [0.25, 0.3) is 0 Å². The lowest BCUT2D eigenvalue weighted by Crippen LogP contribution is -2.19. The van der Waals surface area contributed by atoms with E-state index in [-0.39, 0.29) is 10.9 Å². The average Bonchev–Trinajstić information content (AvgIpc) is 3.01. The van der Waals surface area contributed by atoms with Gasteiger partial charge in [-0.05, 0) is 50.4 Å². The van der Waals surface area contributed by atoms with E-state index in [2.05, 4.69) is 121 Å². The van der Waals surface area contributed by atoms with Crippen molar-refractivity contribution in [1.82, 2.24) is 0 Å². The van der Waals surface area contributed by atoms with Crippen molar-refractivity contribution in [2.45, 2.75) is 10.9 Å². The van der Waals surface area contributed by atoms with Crippen molar-refractivity contribution in [2.24, 2.45) is 0 Å². The summed E-state index contributed by atoms with van der Waals surface area (Å²) >= 11 is 0. The SMILES string of the molecule is C1=COC(SSC2OC(c3ccccc3)=C(c3ccccc3)C(c3ccccc3)=C2c2ccccc2)C=C1. The van der Waals surface area contributed by atoms with E-state index in [0.717, 1.165) is 39.2 Å². The number of benzene rings is 4. The summed E-state index contributed by atoms with van der Waals surface area (Å²) in [6.07, 6.45) is 7.74. The summed E-state index contributed by atoms with van der Waals surface area (Å²) in [7, 11) is 3.36. The second kappa shape index (κ2) is 11.7. The molecule has 0 spiro atoms. The van der Waals surface area contributed by atoms with Crippen LogP contribution in [-0.2, 0) is 9.47 Å². The first-order valence-electron chi connectivity index (χ1n) is 12.6. The fourth-order valence-electron chi connectivity index (χ4n) is 4.67. The van der Waals surface area contributed by atoms with Gasteiger partial charge in [-0.2, -0.15) is 0 Å². The minimum absolute atomic E-state index is 0.0783. The second-order valence-electron chi connectivity index (χ2n) is 8.82. The molecular weight excluding hydrogens is 505 g/mol. The van der Waals surface area contributed by atoms with Gasteiger partial charge in [-0.25, -0.2) is 0 Å². The largest absolute Gasteiger partial charge is 0.482 e. The van der Waals surface area contributed by atoms with Gasteiger partial charge in [0, 0.05) is 22.3 Å². The highest BCUT2D eigenvalue weighted by atomic mass is 33.1. The van der Waals surface area contributed by atoms with E-state index < -0.39 is 0 Å². The summed E-state index contributed by atoms with van der Waals surface area (Å²) in [4.78, 5) is 0. The molecule has 186 valence electrons. The molecule has 0 radical (unpaired) electrons. The molecule has 2 aliphatic heterocycles. The van der Waals surface area contributed by atoms with Gasteiger partial charge in [0.1, 0.15) is 5.76 Å². The van der Waals surface area contributed by atoms with Crippen LogP contribution in [0.5, 0.6) is 0 Å². The van der Waals surface area contributed by atoms with Crippen molar-refractivity contribution in [3.8, 4) is 0 Å². The third kappa shape index (κ3) is 5.24. The van der Waals surface area contributed by atoms with Crippen LogP contribution in [0.1, 0.15) is 22.3 Å². The Morgan fingerprint density at radius 3 is 1.58 bits per heavy atom. The van der Waals surface area contributed by atoms with Crippen LogP contribution in [0.3, 0.4) is 0 Å². The van der Waals surface area contributed by atoms with Crippen LogP contribution in [0, 0.1) is 0 Å². The zero-order valence-electron chi connectivity index (χ0n) is 20.6. The molecule has 6 rings (SSSR count). The molecule has 2 heterocycles. The summed E-state index contributed by atoms with van der Waals surface area (Å²) in [5.41, 5.74) is 7.58. The fraction of sp³-hybridized carbons (Fsp3) is 0.0588. The third-order valence-electron chi connectivity index (χ3n) is 6.36. The van der Waals surface area contributed by atoms with Crippen molar-refractivity contribution < 1.29 is 9.47 Å². The van der Waals surface area contributed by atoms with Gasteiger partial charge in [-0.1, -0.05) is 127 Å². The molecular formula is C34H26O2S2. The maximum Gasteiger partial charge on any atom is 0.180 e. The first-order chi connectivity index (χ1) is 18.9. The molecule has 2 nitrogen and oxygen atoms in total. The molecule has 0 aromatic heterocycles. The monoisotopic (exact) mass is 530 g/mol. The molecule has 0 bridgehead atoms. The Morgan fingerprint density at radius 1 is 0.500 bits per heavy atom. The molecule has 0 fully saturated rings. The van der Waals surface area contributed by atoms with E-state index >= 15 is 0 Å². The number of hydrogen-bond donors (Lipinski definition) is 0. The third-order valence-corrected chi connectivity index (χ3v) is 8.86. The van der Waals surface area contributed by atoms with Crippen LogP contribution in [0.15, 0.2) is 146 Å². The predicted molar refractivity (Wildman–Crippen MR) is 163 cm³/mol. The van der Waals surface area contributed by atoms with Gasteiger partial charge >= 0.3 is 0 Å². The topological polar surface area (TPSA) is 18.5 Å². The van der Waals surface area contributed by atoms with Crippen LogP contribution in [-0.4, -0.2) is 10.9 Å². The van der Waals surface area contributed by atoms with Gasteiger partial charge in [-0.15, -0.1) is 0 Å². The van der Waals surface area contributed by atoms with E-state index in [0.29, 0.717) is 0 Å². The van der Waals surface area contributed by atoms with Gasteiger partial charge < -0.3 is 9.47 Å². The number of allylic oxidation sites excluding steroid dienone is 4. The van der Waals surface area contributed by atoms with Crippen molar-refractivity contribution in [2.75, 3.05) is 0 Å². The highest BCUT2D eigenvalue weighted by Gasteiger charge is 2.35. The zero-order chi connectivity index (χ0) is 25.6. The Morgan fingerprint density at radius 2 is 1.03 bits per heavy atom. The van der Waals surface area contributed by atoms with Crippen molar-refractivity contribution in [3.63, 3.8) is 0 Å². The van der Waals surface area contributed by atoms with E-state index in [1.807, 2.05) is 18.2 Å². The molecule has 4 aromatic carbocycles. The standard InChI is InChI=1S/C34H26O2S2/c1-5-15-25(16-6-1)30-31(26-17-7-2-8-18-26)33(28-21-11-4-12-22-28)36-34(32(30)27-19-9-3-10-20-27)38-37-29-23-13-14-24-35-29/h1-24,29,34H. The fourth-order valence-corrected chi connectivity index (χ4v) is 7.00. The van der Waals surface area contributed by atoms with E-state index in [4.69, 9.17) is 9.47 Å². The Kier molecular flexibility index (Phi) is 7.52. The second-order valence-corrected chi connectivity index (χ2v) is 11.2. The minimum atomic E-state index is -0.261. The zero-order valence-corrected chi connectivity index (χ0v) is 22.3.